The molecule has 0 aliphatic carbocycles. The second-order valence-corrected chi connectivity index (χ2v) is 7.79. The number of halogens is 1. The van der Waals surface area contributed by atoms with Crippen molar-refractivity contribution in [1.29, 1.82) is 0 Å². The molecule has 0 bridgehead atoms. The van der Waals surface area contributed by atoms with Crippen LogP contribution >= 0.6 is 0 Å². The van der Waals surface area contributed by atoms with Crippen LogP contribution in [0.15, 0.2) is 42.3 Å². The van der Waals surface area contributed by atoms with Gasteiger partial charge in [-0.3, -0.25) is 0 Å². The third-order valence-corrected chi connectivity index (χ3v) is 5.27. The van der Waals surface area contributed by atoms with Crippen LogP contribution in [0.4, 0.5) is 16.0 Å². The number of allylic oxidation sites excluding steroid dienone is 1. The topological polar surface area (TPSA) is 76.5 Å². The van der Waals surface area contributed by atoms with Crippen LogP contribution in [-0.2, 0) is 15.9 Å². The Balaban J connectivity index is 1.76. The summed E-state index contributed by atoms with van der Waals surface area (Å²) in [6, 6.07) is 8.87. The molecule has 0 unspecified atom stereocenters. The molecule has 28 heavy (non-hydrogen) atoms. The summed E-state index contributed by atoms with van der Waals surface area (Å²) in [6.45, 7) is 9.12. The summed E-state index contributed by atoms with van der Waals surface area (Å²) in [5.41, 5.74) is 0.850. The normalized spacial score (nSPS) is 18.8. The number of aliphatic hydroxyl groups excluding tert-OH is 1. The Morgan fingerprint density at radius 3 is 2.29 bits per heavy atom. The van der Waals surface area contributed by atoms with Crippen LogP contribution in [-0.4, -0.2) is 33.4 Å². The molecule has 0 saturated carbocycles. The number of nitrogens with zero attached hydrogens (tertiary/aromatic N) is 2. The van der Waals surface area contributed by atoms with Gasteiger partial charge < -0.3 is 19.7 Å². The van der Waals surface area contributed by atoms with E-state index in [1.54, 1.807) is 31.3 Å². The molecule has 8 heteroatoms. The van der Waals surface area contributed by atoms with Crippen molar-refractivity contribution in [3.63, 3.8) is 0 Å². The molecule has 1 aliphatic heterocycles. The molecule has 0 amide bonds. The van der Waals surface area contributed by atoms with E-state index in [1.165, 1.54) is 0 Å². The predicted molar refractivity (Wildman–Crippen MR) is 107 cm³/mol. The molecule has 1 saturated heterocycles. The highest BCUT2D eigenvalue weighted by Crippen LogP contribution is 2.40. The minimum absolute atomic E-state index is 0.154. The lowest BCUT2D eigenvalue weighted by molar-refractivity contribution is 0.00578. The van der Waals surface area contributed by atoms with Gasteiger partial charge in [0.15, 0.2) is 0 Å². The Morgan fingerprint density at radius 2 is 1.71 bits per heavy atom. The van der Waals surface area contributed by atoms with Crippen LogP contribution in [0.1, 0.15) is 45.9 Å². The fourth-order valence-corrected chi connectivity index (χ4v) is 2.74. The van der Waals surface area contributed by atoms with Crippen molar-refractivity contribution < 1.29 is 18.8 Å². The largest absolute Gasteiger partial charge is 0.525 e. The maximum absolute atomic E-state index is 15.0. The van der Waals surface area contributed by atoms with Crippen LogP contribution in [0.2, 0.25) is 0 Å². The summed E-state index contributed by atoms with van der Waals surface area (Å²) in [5, 5.41) is 12.2. The zero-order valence-electron chi connectivity index (χ0n) is 16.8. The van der Waals surface area contributed by atoms with Gasteiger partial charge >= 0.3 is 7.12 Å². The molecule has 2 N–H and O–H groups in total. The molecule has 2 aromatic rings. The van der Waals surface area contributed by atoms with Gasteiger partial charge in [-0.15, -0.1) is 0 Å². The number of benzene rings is 1. The van der Waals surface area contributed by atoms with E-state index in [-0.39, 0.29) is 6.61 Å². The van der Waals surface area contributed by atoms with Crippen molar-refractivity contribution in [1.82, 2.24) is 9.97 Å². The van der Waals surface area contributed by atoms with E-state index >= 15 is 0 Å². The molecule has 1 aromatic carbocycles. The molecule has 3 rings (SSSR count). The summed E-state index contributed by atoms with van der Waals surface area (Å²) < 4.78 is 26.6. The summed E-state index contributed by atoms with van der Waals surface area (Å²) in [7, 11) is -1.02. The first-order valence-electron chi connectivity index (χ1n) is 9.15. The van der Waals surface area contributed by atoms with Gasteiger partial charge in [0.1, 0.15) is 5.73 Å². The van der Waals surface area contributed by atoms with Gasteiger partial charge in [0.2, 0.25) is 5.95 Å². The molecule has 148 valence electrons. The number of aliphatic hydroxyl groups is 1. The highest BCUT2D eigenvalue weighted by molar-refractivity contribution is 6.55. The van der Waals surface area contributed by atoms with Crippen LogP contribution in [0.5, 0.6) is 0 Å². The molecule has 6 nitrogen and oxygen atoms in total. The first-order valence-corrected chi connectivity index (χ1v) is 9.15. The zero-order chi connectivity index (χ0) is 20.5. The molecule has 0 atom stereocenters. The number of hydrogen-bond acceptors (Lipinski definition) is 6. The molecule has 0 radical (unpaired) electrons. The van der Waals surface area contributed by atoms with Crippen LogP contribution in [0.3, 0.4) is 0 Å². The monoisotopic (exact) mass is 385 g/mol. The lowest BCUT2D eigenvalue weighted by Gasteiger charge is -2.32. The van der Waals surface area contributed by atoms with E-state index in [1.807, 2.05) is 39.8 Å². The van der Waals surface area contributed by atoms with Crippen LogP contribution in [0, 0.1) is 0 Å². The first kappa shape index (κ1) is 20.4. The third kappa shape index (κ3) is 4.09. The quantitative estimate of drug-likeness (QED) is 0.757. The minimum atomic E-state index is -1.02. The Labute approximate surface area is 165 Å². The van der Waals surface area contributed by atoms with Crippen molar-refractivity contribution in [3.05, 3.63) is 53.5 Å². The third-order valence-electron chi connectivity index (χ3n) is 5.27. The van der Waals surface area contributed by atoms with Gasteiger partial charge in [-0.25, -0.2) is 14.4 Å². The zero-order valence-corrected chi connectivity index (χ0v) is 16.8. The average Bonchev–Trinajstić information content (AvgIpc) is 2.88. The fourth-order valence-electron chi connectivity index (χ4n) is 2.74. The van der Waals surface area contributed by atoms with Gasteiger partial charge in [-0.1, -0.05) is 12.1 Å². The maximum Gasteiger partial charge on any atom is 0.525 e. The summed E-state index contributed by atoms with van der Waals surface area (Å²) in [4.78, 5) is 8.29. The molecule has 1 aliphatic rings. The molecular weight excluding hydrogens is 360 g/mol. The number of nitrogens with one attached hydrogen (secondary N) is 1. The minimum Gasteiger partial charge on any atom is -0.398 e. The molecule has 1 fully saturated rings. The molecule has 1 aromatic heterocycles. The molecular formula is C20H25BFN3O3. The first-order chi connectivity index (χ1) is 13.1. The number of hydrogen-bond donors (Lipinski definition) is 2. The van der Waals surface area contributed by atoms with E-state index in [9.17, 15) is 4.39 Å². The Bertz CT molecular complexity index is 869. The Morgan fingerprint density at radius 1 is 1.11 bits per heavy atom. The van der Waals surface area contributed by atoms with Crippen molar-refractivity contribution >= 4 is 24.3 Å². The molecule has 0 spiro atoms. The van der Waals surface area contributed by atoms with Gasteiger partial charge in [-0.2, -0.15) is 0 Å². The molecule has 2 heterocycles. The summed E-state index contributed by atoms with van der Waals surface area (Å²) >= 11 is 0. The smallest absolute Gasteiger partial charge is 0.398 e. The fraction of sp³-hybridized carbons (Fsp3) is 0.400. The lowest BCUT2D eigenvalue weighted by atomic mass is 9.83. The van der Waals surface area contributed by atoms with Gasteiger partial charge in [0.05, 0.1) is 23.5 Å². The van der Waals surface area contributed by atoms with Crippen molar-refractivity contribution in [2.75, 3.05) is 5.32 Å². The second kappa shape index (κ2) is 7.62. The summed E-state index contributed by atoms with van der Waals surface area (Å²) in [6.07, 6.45) is 1.57. The van der Waals surface area contributed by atoms with Gasteiger partial charge in [0.25, 0.3) is 0 Å². The Kier molecular flexibility index (Phi) is 5.56. The maximum atomic E-state index is 15.0. The highest BCUT2D eigenvalue weighted by atomic mass is 19.1. The van der Waals surface area contributed by atoms with Crippen LogP contribution in [0.25, 0.3) is 5.57 Å². The number of aromatic nitrogens is 2. The summed E-state index contributed by atoms with van der Waals surface area (Å²) in [5.74, 6) is 0.384. The van der Waals surface area contributed by atoms with E-state index in [0.29, 0.717) is 17.2 Å². The van der Waals surface area contributed by atoms with E-state index in [2.05, 4.69) is 15.3 Å². The van der Waals surface area contributed by atoms with Crippen molar-refractivity contribution in [2.45, 2.75) is 52.4 Å². The van der Waals surface area contributed by atoms with Gasteiger partial charge in [0, 0.05) is 11.9 Å². The number of anilines is 2. The van der Waals surface area contributed by atoms with Crippen LogP contribution < -0.4 is 5.32 Å². The SMILES string of the molecule is CC(=C(F)B1OC(C)(C)C(C)(C)O1)c1ccc(Nc2nccc(CO)n2)cc1. The predicted octanol–water partition coefficient (Wildman–Crippen LogP) is 4.04. The van der Waals surface area contributed by atoms with Crippen molar-refractivity contribution in [3.8, 4) is 0 Å². The van der Waals surface area contributed by atoms with Crippen molar-refractivity contribution in [2.24, 2.45) is 0 Å². The average molecular weight is 385 g/mol. The Hall–Kier alpha value is -2.29. The number of rotatable bonds is 5. The van der Waals surface area contributed by atoms with Gasteiger partial charge in [-0.05, 0) is 64.0 Å². The van der Waals surface area contributed by atoms with E-state index in [4.69, 9.17) is 14.4 Å². The highest BCUT2D eigenvalue weighted by Gasteiger charge is 2.53. The standard InChI is InChI=1S/C20H25BFN3O3/c1-13(17(22)21-27-19(2,3)20(4,5)28-21)14-6-8-15(9-7-14)24-18-23-11-10-16(12-26)25-18/h6-11,26H,12H2,1-5H3,(H,23,24,25). The van der Waals surface area contributed by atoms with E-state index in [0.717, 1.165) is 11.3 Å². The van der Waals surface area contributed by atoms with E-state index < -0.39 is 24.0 Å². The lowest BCUT2D eigenvalue weighted by Crippen LogP contribution is -2.41. The second-order valence-electron chi connectivity index (χ2n) is 7.79.